The minimum Gasteiger partial charge on any atom is -0.510 e. The molecule has 0 spiro atoms. The zero-order chi connectivity index (χ0) is 29.0. The molecule has 3 aliphatic rings. The number of unbranched alkanes of at least 4 members (excludes halogenated alkanes) is 1. The van der Waals surface area contributed by atoms with Gasteiger partial charge >= 0.3 is 0 Å². The van der Waals surface area contributed by atoms with E-state index in [9.17, 15) is 30.0 Å². The van der Waals surface area contributed by atoms with Crippen LogP contribution < -0.4 is 5.73 Å². The van der Waals surface area contributed by atoms with Gasteiger partial charge in [0.05, 0.1) is 17.2 Å². The summed E-state index contributed by atoms with van der Waals surface area (Å²) in [5.41, 5.74) is 2.42. The number of fused-ring (bicyclic) bond motifs is 3. The number of nitrogens with two attached hydrogens (primary N) is 1. The number of primary amides is 1. The predicted molar refractivity (Wildman–Crippen MR) is 144 cm³/mol. The molecule has 1 saturated carbocycles. The molecule has 10 heteroatoms. The summed E-state index contributed by atoms with van der Waals surface area (Å²) in [5.74, 6) is -5.53. The van der Waals surface area contributed by atoms with Gasteiger partial charge in [0.25, 0.3) is 5.91 Å². The molecule has 0 aromatic heterocycles. The van der Waals surface area contributed by atoms with E-state index < -0.39 is 58.1 Å². The molecule has 39 heavy (non-hydrogen) atoms. The van der Waals surface area contributed by atoms with Gasteiger partial charge in [-0.05, 0) is 58.4 Å². The quantitative estimate of drug-likeness (QED) is 0.336. The van der Waals surface area contributed by atoms with E-state index in [0.29, 0.717) is 12.1 Å². The number of phenolic OH excluding ortho intramolecular Hbond substituents is 1. The van der Waals surface area contributed by atoms with Crippen LogP contribution in [0, 0.1) is 17.7 Å². The van der Waals surface area contributed by atoms with Crippen molar-refractivity contribution in [3.8, 4) is 5.75 Å². The molecule has 0 unspecified atom stereocenters. The van der Waals surface area contributed by atoms with Gasteiger partial charge in [0, 0.05) is 34.7 Å². The lowest BCUT2D eigenvalue weighted by Gasteiger charge is -2.52. The van der Waals surface area contributed by atoms with Gasteiger partial charge in [-0.25, -0.2) is 4.39 Å². The number of aromatic hydroxyl groups is 1. The van der Waals surface area contributed by atoms with Crippen LogP contribution in [-0.2, 0) is 22.6 Å². The highest BCUT2D eigenvalue weighted by Gasteiger charge is 2.62. The number of halogens is 1. The predicted octanol–water partition coefficient (Wildman–Crippen LogP) is 2.71. The number of likely N-dealkylation sites (N-methyl/N-ethyl adjacent to an activating group) is 1. The number of phenols is 1. The van der Waals surface area contributed by atoms with Crippen molar-refractivity contribution in [2.24, 2.45) is 17.6 Å². The first-order valence-electron chi connectivity index (χ1n) is 13.4. The van der Waals surface area contributed by atoms with E-state index in [1.807, 2.05) is 6.92 Å². The number of aliphatic hydroxyl groups is 3. The first kappa shape index (κ1) is 28.8. The monoisotopic (exact) mass is 543 g/mol. The van der Waals surface area contributed by atoms with Gasteiger partial charge in [-0.15, -0.1) is 0 Å². The van der Waals surface area contributed by atoms with Crippen LogP contribution in [0.2, 0.25) is 0 Å². The number of rotatable bonds is 8. The Labute approximate surface area is 227 Å². The highest BCUT2D eigenvalue weighted by atomic mass is 19.1. The van der Waals surface area contributed by atoms with Gasteiger partial charge in [0.15, 0.2) is 11.4 Å². The Balaban J connectivity index is 1.84. The number of hydrogen-bond donors (Lipinski definition) is 5. The number of carbonyl (C=O) groups is 2. The summed E-state index contributed by atoms with van der Waals surface area (Å²) >= 11 is 0. The smallest absolute Gasteiger partial charge is 0.252 e. The van der Waals surface area contributed by atoms with Crippen molar-refractivity contribution in [1.29, 1.82) is 0 Å². The zero-order valence-corrected chi connectivity index (χ0v) is 22.9. The molecule has 9 nitrogen and oxygen atoms in total. The SMILES string of the molecule is C=C1C(C(N)=O)=C(O)[C@@H](N(C)C)[C@@H]2C[C@@H]3Cc4c(F)c(CN(CC)CCCC)cc(O)c4C(O)=C3C(=O)[C@]12O. The third kappa shape index (κ3) is 4.34. The molecule has 0 radical (unpaired) electrons. The van der Waals surface area contributed by atoms with Crippen molar-refractivity contribution < 1.29 is 34.4 Å². The summed E-state index contributed by atoms with van der Waals surface area (Å²) in [5, 5.41) is 45.0. The third-order valence-electron chi connectivity index (χ3n) is 8.58. The van der Waals surface area contributed by atoms with Crippen molar-refractivity contribution in [3.05, 3.63) is 57.6 Å². The summed E-state index contributed by atoms with van der Waals surface area (Å²) in [4.78, 5) is 29.8. The Bertz CT molecular complexity index is 1300. The van der Waals surface area contributed by atoms with Crippen molar-refractivity contribution in [3.63, 3.8) is 0 Å². The molecule has 3 aliphatic carbocycles. The normalized spacial score (nSPS) is 26.7. The Kier molecular flexibility index (Phi) is 7.68. The second kappa shape index (κ2) is 10.4. The summed E-state index contributed by atoms with van der Waals surface area (Å²) in [6, 6.07) is 0.316. The second-order valence-corrected chi connectivity index (χ2v) is 11.1. The van der Waals surface area contributed by atoms with Gasteiger partial charge in [0.2, 0.25) is 0 Å². The van der Waals surface area contributed by atoms with E-state index in [1.165, 1.54) is 6.07 Å². The van der Waals surface area contributed by atoms with Crippen molar-refractivity contribution in [2.75, 3.05) is 27.2 Å². The summed E-state index contributed by atoms with van der Waals surface area (Å²) < 4.78 is 15.9. The Morgan fingerprint density at radius 1 is 1.26 bits per heavy atom. The minimum absolute atomic E-state index is 0.00113. The number of ketones is 1. The lowest BCUT2D eigenvalue weighted by molar-refractivity contribution is -0.143. The average molecular weight is 544 g/mol. The third-order valence-corrected chi connectivity index (χ3v) is 8.58. The first-order valence-corrected chi connectivity index (χ1v) is 13.4. The maximum atomic E-state index is 15.9. The van der Waals surface area contributed by atoms with Crippen molar-refractivity contribution >= 4 is 17.4 Å². The highest BCUT2D eigenvalue weighted by molar-refractivity contribution is 6.13. The Hall–Kier alpha value is -3.21. The second-order valence-electron chi connectivity index (χ2n) is 11.1. The highest BCUT2D eigenvalue weighted by Crippen LogP contribution is 2.54. The molecule has 1 aromatic rings. The number of Topliss-reactive ketones (excluding diaryl/α,β-unsaturated/α-hetero) is 1. The van der Waals surface area contributed by atoms with Crippen LogP contribution in [0.25, 0.3) is 5.76 Å². The zero-order valence-electron chi connectivity index (χ0n) is 22.9. The van der Waals surface area contributed by atoms with Gasteiger partial charge < -0.3 is 26.2 Å². The average Bonchev–Trinajstić information content (AvgIpc) is 2.86. The fraction of sp³-hybridized carbons (Fsp3) is 0.517. The van der Waals surface area contributed by atoms with E-state index in [0.717, 1.165) is 19.4 Å². The number of nitrogens with zero attached hydrogens (tertiary/aromatic N) is 2. The molecule has 1 amide bonds. The van der Waals surface area contributed by atoms with Gasteiger partial charge in [0.1, 0.15) is 23.1 Å². The molecule has 0 saturated heterocycles. The first-order chi connectivity index (χ1) is 18.3. The van der Waals surface area contributed by atoms with Crippen LogP contribution in [0.15, 0.2) is 35.1 Å². The maximum absolute atomic E-state index is 15.9. The van der Waals surface area contributed by atoms with E-state index in [1.54, 1.807) is 19.0 Å². The van der Waals surface area contributed by atoms with Crippen LogP contribution in [0.1, 0.15) is 49.8 Å². The molecular weight excluding hydrogens is 505 g/mol. The molecule has 1 aromatic carbocycles. The largest absolute Gasteiger partial charge is 0.510 e. The van der Waals surface area contributed by atoms with Crippen LogP contribution in [-0.4, -0.2) is 80.7 Å². The molecule has 0 bridgehead atoms. The van der Waals surface area contributed by atoms with E-state index in [2.05, 4.69) is 18.4 Å². The fourth-order valence-electron chi connectivity index (χ4n) is 6.60. The molecule has 4 rings (SSSR count). The van der Waals surface area contributed by atoms with Crippen LogP contribution >= 0.6 is 0 Å². The van der Waals surface area contributed by atoms with E-state index in [-0.39, 0.29) is 47.4 Å². The molecular formula is C29H38FN3O6. The topological polar surface area (TPSA) is 148 Å². The molecule has 0 aliphatic heterocycles. The molecule has 6 N–H and O–H groups in total. The molecule has 4 atom stereocenters. The number of benzene rings is 1. The fourth-order valence-corrected chi connectivity index (χ4v) is 6.60. The standard InChI is InChI=1S/C29H38FN3O6/c1-6-8-9-33(7-2)13-16-12-19(34)22-17(23(16)30)10-15-11-18-24(32(4)5)26(36)20(28(31)38)14(3)29(18,39)27(37)21(15)25(22)35/h12,15,18,24,34-36,39H,3,6-11,13H2,1-2,4-5H3,(H2,31,38)/t15-,18-,24-,29-/m0/s1. The van der Waals surface area contributed by atoms with E-state index >= 15 is 4.39 Å². The molecule has 1 fully saturated rings. The summed E-state index contributed by atoms with van der Waals surface area (Å²) in [7, 11) is 3.25. The number of hydrogen-bond acceptors (Lipinski definition) is 8. The van der Waals surface area contributed by atoms with Crippen LogP contribution in [0.4, 0.5) is 4.39 Å². The van der Waals surface area contributed by atoms with Crippen molar-refractivity contribution in [1.82, 2.24) is 9.80 Å². The van der Waals surface area contributed by atoms with Gasteiger partial charge in [-0.3, -0.25) is 19.4 Å². The number of aliphatic hydroxyl groups excluding tert-OH is 2. The number of amides is 1. The summed E-state index contributed by atoms with van der Waals surface area (Å²) in [6.07, 6.45) is 2.01. The van der Waals surface area contributed by atoms with Gasteiger partial charge in [-0.2, -0.15) is 0 Å². The van der Waals surface area contributed by atoms with E-state index in [4.69, 9.17) is 5.73 Å². The lowest BCUT2D eigenvalue weighted by Crippen LogP contribution is -2.63. The van der Waals surface area contributed by atoms with Crippen LogP contribution in [0.5, 0.6) is 5.75 Å². The molecule has 0 heterocycles. The molecule has 212 valence electrons. The Morgan fingerprint density at radius 3 is 2.49 bits per heavy atom. The van der Waals surface area contributed by atoms with Crippen LogP contribution in [0.3, 0.4) is 0 Å². The number of carbonyl (C=O) groups excluding carboxylic acids is 2. The maximum Gasteiger partial charge on any atom is 0.252 e. The Morgan fingerprint density at radius 2 is 1.92 bits per heavy atom. The summed E-state index contributed by atoms with van der Waals surface area (Å²) in [6.45, 7) is 9.56. The lowest BCUT2D eigenvalue weighted by atomic mass is 9.56. The minimum atomic E-state index is -2.35. The van der Waals surface area contributed by atoms with Gasteiger partial charge in [-0.1, -0.05) is 26.8 Å². The van der Waals surface area contributed by atoms with Crippen molar-refractivity contribution in [2.45, 2.75) is 57.7 Å².